The number of carbonyl (C=O) groups is 3. The molecule has 4 rings (SSSR count). The van der Waals surface area contributed by atoms with E-state index < -0.39 is 0 Å². The summed E-state index contributed by atoms with van der Waals surface area (Å²) in [5, 5.41) is 2.92. The van der Waals surface area contributed by atoms with Crippen LogP contribution in [0.3, 0.4) is 0 Å². The minimum atomic E-state index is 0.156. The summed E-state index contributed by atoms with van der Waals surface area (Å²) < 4.78 is 0. The van der Waals surface area contributed by atoms with Crippen LogP contribution in [0.2, 0.25) is 0 Å². The Kier molecular flexibility index (Phi) is 9.91. The van der Waals surface area contributed by atoms with Gasteiger partial charge in [-0.3, -0.25) is 9.59 Å². The largest absolute Gasteiger partial charge is 0.355 e. The van der Waals surface area contributed by atoms with Crippen molar-refractivity contribution in [2.45, 2.75) is 112 Å². The number of Topliss-reactive ketones (excluding diaryl/α,β-unsaturated/α-hetero) is 2. The molecule has 0 aromatic heterocycles. The van der Waals surface area contributed by atoms with Crippen LogP contribution in [0.5, 0.6) is 0 Å². The summed E-state index contributed by atoms with van der Waals surface area (Å²) in [5.74, 6) is 5.97. The average Bonchev–Trinajstić information content (AvgIpc) is 3.19. The fourth-order valence-corrected chi connectivity index (χ4v) is 8.95. The highest BCUT2D eigenvalue weighted by Gasteiger charge is 2.60. The summed E-state index contributed by atoms with van der Waals surface area (Å²) in [6.45, 7) is 11.5. The standard InChI is InChI=1S/C26H42ClNO2.C4H8O/c1-17(4-9-24(30)28-15-14-27)21-7-8-22-20-6-5-18-16-19(29)10-12-25(18,2)23(20)11-13-26(21,22)3;1-3-4(2)5/h17-18,20-23H,4-16H2,1-3H3,(H,28,30);3H2,1-2H3. The monoisotopic (exact) mass is 507 g/mol. The third-order valence-electron chi connectivity index (χ3n) is 11.0. The molecular weight excluding hydrogens is 458 g/mol. The highest BCUT2D eigenvalue weighted by molar-refractivity contribution is 6.18. The number of rotatable bonds is 7. The highest BCUT2D eigenvalue weighted by atomic mass is 35.5. The second-order valence-corrected chi connectivity index (χ2v) is 13.1. The molecule has 4 fully saturated rings. The van der Waals surface area contributed by atoms with Gasteiger partial charge in [-0.1, -0.05) is 27.7 Å². The molecule has 4 aliphatic carbocycles. The first-order valence-corrected chi connectivity index (χ1v) is 14.9. The van der Waals surface area contributed by atoms with Gasteiger partial charge in [-0.25, -0.2) is 0 Å². The molecular formula is C30H50ClNO3. The smallest absolute Gasteiger partial charge is 0.220 e. The van der Waals surface area contributed by atoms with Crippen molar-refractivity contribution < 1.29 is 14.4 Å². The van der Waals surface area contributed by atoms with Gasteiger partial charge in [0.05, 0.1) is 0 Å². The molecule has 0 aromatic rings. The number of hydrogen-bond acceptors (Lipinski definition) is 3. The molecule has 1 amide bonds. The molecule has 0 saturated heterocycles. The van der Waals surface area contributed by atoms with E-state index in [4.69, 9.17) is 11.6 Å². The van der Waals surface area contributed by atoms with E-state index in [1.54, 1.807) is 6.92 Å². The molecule has 8 atom stereocenters. The van der Waals surface area contributed by atoms with Gasteiger partial charge in [0.15, 0.2) is 0 Å². The van der Waals surface area contributed by atoms with Crippen LogP contribution in [-0.4, -0.2) is 29.9 Å². The van der Waals surface area contributed by atoms with Crippen LogP contribution in [0.4, 0.5) is 0 Å². The van der Waals surface area contributed by atoms with Gasteiger partial charge >= 0.3 is 0 Å². The lowest BCUT2D eigenvalue weighted by Gasteiger charge is -2.60. The summed E-state index contributed by atoms with van der Waals surface area (Å²) in [7, 11) is 0. The molecule has 0 aliphatic heterocycles. The molecule has 4 aliphatic rings. The molecule has 35 heavy (non-hydrogen) atoms. The molecule has 8 unspecified atom stereocenters. The van der Waals surface area contributed by atoms with Gasteiger partial charge in [0.25, 0.3) is 0 Å². The Bertz CT molecular complexity index is 769. The Morgan fingerprint density at radius 3 is 2.40 bits per heavy atom. The number of carbonyl (C=O) groups excluding carboxylic acids is 3. The van der Waals surface area contributed by atoms with Crippen molar-refractivity contribution in [3.05, 3.63) is 0 Å². The third kappa shape index (κ3) is 6.16. The van der Waals surface area contributed by atoms with Crippen molar-refractivity contribution in [1.29, 1.82) is 0 Å². The van der Waals surface area contributed by atoms with Crippen LogP contribution in [0, 0.1) is 46.3 Å². The van der Waals surface area contributed by atoms with Gasteiger partial charge in [0, 0.05) is 38.1 Å². The quantitative estimate of drug-likeness (QED) is 0.378. The summed E-state index contributed by atoms with van der Waals surface area (Å²) in [4.78, 5) is 34.0. The molecule has 0 radical (unpaired) electrons. The van der Waals surface area contributed by atoms with Crippen LogP contribution < -0.4 is 5.32 Å². The van der Waals surface area contributed by atoms with E-state index in [1.165, 1.54) is 38.5 Å². The normalized spacial score (nSPS) is 38.8. The Labute approximate surface area is 219 Å². The van der Waals surface area contributed by atoms with Crippen molar-refractivity contribution in [2.24, 2.45) is 46.3 Å². The van der Waals surface area contributed by atoms with Crippen LogP contribution >= 0.6 is 11.6 Å². The van der Waals surface area contributed by atoms with Crippen molar-refractivity contribution >= 4 is 29.1 Å². The Hall–Kier alpha value is -0.900. The average molecular weight is 508 g/mol. The van der Waals surface area contributed by atoms with Crippen LogP contribution in [0.15, 0.2) is 0 Å². The Morgan fingerprint density at radius 2 is 1.74 bits per heavy atom. The maximum absolute atomic E-state index is 12.1. The van der Waals surface area contributed by atoms with Gasteiger partial charge < -0.3 is 10.1 Å². The minimum absolute atomic E-state index is 0.156. The summed E-state index contributed by atoms with van der Waals surface area (Å²) >= 11 is 5.69. The van der Waals surface area contributed by atoms with Crippen LogP contribution in [0.25, 0.3) is 0 Å². The first-order chi connectivity index (χ1) is 16.6. The molecule has 4 nitrogen and oxygen atoms in total. The summed E-state index contributed by atoms with van der Waals surface area (Å²) in [6.07, 6.45) is 13.2. The fourth-order valence-electron chi connectivity index (χ4n) is 8.86. The van der Waals surface area contributed by atoms with E-state index in [2.05, 4.69) is 26.1 Å². The summed E-state index contributed by atoms with van der Waals surface area (Å²) in [6, 6.07) is 0. The zero-order chi connectivity index (χ0) is 25.8. The molecule has 0 heterocycles. The number of nitrogens with one attached hydrogen (secondary N) is 1. The molecule has 5 heteroatoms. The maximum atomic E-state index is 12.1. The van der Waals surface area contributed by atoms with E-state index in [0.29, 0.717) is 53.7 Å². The zero-order valence-corrected chi connectivity index (χ0v) is 23.7. The third-order valence-corrected chi connectivity index (χ3v) is 11.2. The number of ketones is 2. The molecule has 0 spiro atoms. The van der Waals surface area contributed by atoms with E-state index in [9.17, 15) is 14.4 Å². The van der Waals surface area contributed by atoms with Gasteiger partial charge in [0.2, 0.25) is 5.91 Å². The summed E-state index contributed by atoms with van der Waals surface area (Å²) in [5.41, 5.74) is 0.850. The molecule has 1 N–H and O–H groups in total. The van der Waals surface area contributed by atoms with Crippen LogP contribution in [-0.2, 0) is 14.4 Å². The van der Waals surface area contributed by atoms with Crippen molar-refractivity contribution in [3.63, 3.8) is 0 Å². The predicted octanol–water partition coefficient (Wildman–Crippen LogP) is 6.97. The molecule has 0 aromatic carbocycles. The second kappa shape index (κ2) is 12.1. The van der Waals surface area contributed by atoms with Gasteiger partial charge in [-0.05, 0) is 105 Å². The minimum Gasteiger partial charge on any atom is -0.355 e. The second-order valence-electron chi connectivity index (χ2n) is 12.7. The highest BCUT2D eigenvalue weighted by Crippen LogP contribution is 2.68. The maximum Gasteiger partial charge on any atom is 0.220 e. The van der Waals surface area contributed by atoms with Crippen LogP contribution in [0.1, 0.15) is 112 Å². The zero-order valence-electron chi connectivity index (χ0n) is 23.0. The van der Waals surface area contributed by atoms with E-state index in [0.717, 1.165) is 49.4 Å². The van der Waals surface area contributed by atoms with Crippen molar-refractivity contribution in [2.75, 3.05) is 12.4 Å². The van der Waals surface area contributed by atoms with E-state index in [-0.39, 0.29) is 11.7 Å². The van der Waals surface area contributed by atoms with Crippen molar-refractivity contribution in [1.82, 2.24) is 5.32 Å². The number of amides is 1. The molecule has 0 bridgehead atoms. The Balaban J connectivity index is 0.000000623. The predicted molar refractivity (Wildman–Crippen MR) is 143 cm³/mol. The van der Waals surface area contributed by atoms with Gasteiger partial charge in [-0.15, -0.1) is 11.6 Å². The topological polar surface area (TPSA) is 63.2 Å². The number of halogens is 1. The van der Waals surface area contributed by atoms with Gasteiger partial charge in [0.1, 0.15) is 11.6 Å². The van der Waals surface area contributed by atoms with Crippen molar-refractivity contribution in [3.8, 4) is 0 Å². The Morgan fingerprint density at radius 1 is 1.06 bits per heavy atom. The number of alkyl halides is 1. The number of hydrogen-bond donors (Lipinski definition) is 1. The SMILES string of the molecule is CC(CCC(=O)NCCCl)C1CCC2C3CCC4CC(=O)CCC4(C)C3CCC12C.CCC(C)=O. The lowest BCUT2D eigenvalue weighted by molar-refractivity contribution is -0.140. The van der Waals surface area contributed by atoms with Gasteiger partial charge in [-0.2, -0.15) is 0 Å². The first kappa shape index (κ1) is 28.7. The molecule has 4 saturated carbocycles. The first-order valence-electron chi connectivity index (χ1n) is 14.4. The van der Waals surface area contributed by atoms with E-state index >= 15 is 0 Å². The number of fused-ring (bicyclic) bond motifs is 5. The fraction of sp³-hybridized carbons (Fsp3) is 0.900. The van der Waals surface area contributed by atoms with E-state index in [1.807, 2.05) is 6.92 Å². The lowest BCUT2D eigenvalue weighted by Crippen LogP contribution is -2.53. The molecule has 200 valence electrons. The lowest BCUT2D eigenvalue weighted by atomic mass is 9.44.